The van der Waals surface area contributed by atoms with Gasteiger partial charge in [-0.2, -0.15) is 0 Å². The minimum Gasteiger partial charge on any atom is -0.378 e. The number of aromatic nitrogens is 1. The highest BCUT2D eigenvalue weighted by atomic mass is 16.5. The van der Waals surface area contributed by atoms with Crippen LogP contribution in [0.3, 0.4) is 0 Å². The number of rotatable bonds is 7. The fourth-order valence-electron chi connectivity index (χ4n) is 4.24. The van der Waals surface area contributed by atoms with Crippen molar-refractivity contribution in [2.24, 2.45) is 10.9 Å². The van der Waals surface area contributed by atoms with Gasteiger partial charge >= 0.3 is 0 Å². The Labute approximate surface area is 163 Å². The van der Waals surface area contributed by atoms with Gasteiger partial charge in [-0.05, 0) is 58.8 Å². The van der Waals surface area contributed by atoms with Gasteiger partial charge < -0.3 is 19.5 Å². The molecule has 0 unspecified atom stereocenters. The lowest BCUT2D eigenvalue weighted by Crippen LogP contribution is -2.47. The van der Waals surface area contributed by atoms with Gasteiger partial charge in [-0.15, -0.1) is 0 Å². The van der Waals surface area contributed by atoms with Crippen LogP contribution in [0, 0.1) is 19.8 Å². The van der Waals surface area contributed by atoms with Crippen LogP contribution < -0.4 is 5.32 Å². The Morgan fingerprint density at radius 1 is 1.22 bits per heavy atom. The van der Waals surface area contributed by atoms with Crippen molar-refractivity contribution in [1.29, 1.82) is 0 Å². The largest absolute Gasteiger partial charge is 0.378 e. The number of ether oxygens (including phenoxy) is 1. The number of nitrogens with zero attached hydrogens (tertiary/aromatic N) is 3. The number of aryl methyl sites for hydroxylation is 2. The Kier molecular flexibility index (Phi) is 7.56. The molecule has 152 valence electrons. The SMILES string of the molecule is CCNC(=NCCc1c(C)noc1C)N1CCC(OCC2CCCC2)CC1. The standard InChI is InChI=1S/C21H36N4O2/c1-4-22-21(23-12-9-20-16(2)24-27-17(20)3)25-13-10-19(11-14-25)26-15-18-7-5-6-8-18/h18-19H,4-15H2,1-3H3,(H,22,23). The monoisotopic (exact) mass is 376 g/mol. The molecule has 0 bridgehead atoms. The number of piperidine rings is 1. The van der Waals surface area contributed by atoms with E-state index in [0.29, 0.717) is 6.10 Å². The van der Waals surface area contributed by atoms with Crippen molar-refractivity contribution in [1.82, 2.24) is 15.4 Å². The molecule has 0 spiro atoms. The third-order valence-corrected chi connectivity index (χ3v) is 5.92. The topological polar surface area (TPSA) is 62.9 Å². The van der Waals surface area contributed by atoms with E-state index in [1.807, 2.05) is 13.8 Å². The summed E-state index contributed by atoms with van der Waals surface area (Å²) < 4.78 is 11.5. The first-order valence-electron chi connectivity index (χ1n) is 10.7. The number of hydrogen-bond acceptors (Lipinski definition) is 4. The Morgan fingerprint density at radius 2 is 1.96 bits per heavy atom. The molecule has 1 N–H and O–H groups in total. The van der Waals surface area contributed by atoms with Crippen LogP contribution in [0.5, 0.6) is 0 Å². The average Bonchev–Trinajstić information content (AvgIpc) is 3.31. The number of hydrogen-bond donors (Lipinski definition) is 1. The van der Waals surface area contributed by atoms with Crippen LogP contribution in [0.4, 0.5) is 0 Å². The predicted octanol–water partition coefficient (Wildman–Crippen LogP) is 3.47. The molecule has 6 heteroatoms. The summed E-state index contributed by atoms with van der Waals surface area (Å²) in [5.74, 6) is 2.75. The first-order chi connectivity index (χ1) is 13.2. The van der Waals surface area contributed by atoms with Crippen LogP contribution in [0.15, 0.2) is 9.52 Å². The van der Waals surface area contributed by atoms with Crippen molar-refractivity contribution < 1.29 is 9.26 Å². The molecule has 1 saturated carbocycles. The van der Waals surface area contributed by atoms with E-state index in [1.54, 1.807) is 0 Å². The summed E-state index contributed by atoms with van der Waals surface area (Å²) in [6.07, 6.45) is 9.00. The van der Waals surface area contributed by atoms with Gasteiger partial charge in [-0.25, -0.2) is 0 Å². The molecule has 27 heavy (non-hydrogen) atoms. The molecule has 0 atom stereocenters. The van der Waals surface area contributed by atoms with E-state index in [-0.39, 0.29) is 0 Å². The van der Waals surface area contributed by atoms with Gasteiger partial charge in [0.05, 0.1) is 11.8 Å². The zero-order valence-corrected chi connectivity index (χ0v) is 17.3. The molecule has 0 aromatic carbocycles. The second kappa shape index (κ2) is 10.1. The van der Waals surface area contributed by atoms with Crippen LogP contribution in [0.25, 0.3) is 0 Å². The number of guanidine groups is 1. The highest BCUT2D eigenvalue weighted by Gasteiger charge is 2.24. The molecule has 0 amide bonds. The zero-order valence-electron chi connectivity index (χ0n) is 17.3. The van der Waals surface area contributed by atoms with Crippen molar-refractivity contribution in [3.05, 3.63) is 17.0 Å². The molecule has 3 rings (SSSR count). The summed E-state index contributed by atoms with van der Waals surface area (Å²) in [5.41, 5.74) is 2.17. The predicted molar refractivity (Wildman–Crippen MR) is 108 cm³/mol. The van der Waals surface area contributed by atoms with Gasteiger partial charge in [0.25, 0.3) is 0 Å². The lowest BCUT2D eigenvalue weighted by atomic mass is 10.1. The molecule has 1 saturated heterocycles. The van der Waals surface area contributed by atoms with Crippen LogP contribution >= 0.6 is 0 Å². The lowest BCUT2D eigenvalue weighted by Gasteiger charge is -2.34. The highest BCUT2D eigenvalue weighted by Crippen LogP contribution is 2.26. The minimum atomic E-state index is 0.423. The Balaban J connectivity index is 1.45. The zero-order chi connectivity index (χ0) is 19.1. The van der Waals surface area contributed by atoms with Crippen molar-refractivity contribution >= 4 is 5.96 Å². The molecule has 1 aromatic rings. The second-order valence-electron chi connectivity index (χ2n) is 7.96. The third-order valence-electron chi connectivity index (χ3n) is 5.92. The second-order valence-corrected chi connectivity index (χ2v) is 7.96. The van der Waals surface area contributed by atoms with Crippen molar-refractivity contribution in [3.63, 3.8) is 0 Å². The highest BCUT2D eigenvalue weighted by molar-refractivity contribution is 5.80. The third kappa shape index (κ3) is 5.71. The van der Waals surface area contributed by atoms with Crippen molar-refractivity contribution in [3.8, 4) is 0 Å². The molecular formula is C21H36N4O2. The van der Waals surface area contributed by atoms with Crippen LogP contribution in [0.1, 0.15) is 62.5 Å². The molecule has 2 fully saturated rings. The molecule has 1 aliphatic heterocycles. The number of nitrogens with one attached hydrogen (secondary N) is 1. The molecular weight excluding hydrogens is 340 g/mol. The van der Waals surface area contributed by atoms with Gasteiger partial charge in [-0.1, -0.05) is 18.0 Å². The Hall–Kier alpha value is -1.56. The molecule has 1 aromatic heterocycles. The maximum atomic E-state index is 6.21. The van der Waals surface area contributed by atoms with Crippen LogP contribution in [-0.4, -0.2) is 54.9 Å². The molecule has 2 heterocycles. The minimum absolute atomic E-state index is 0.423. The summed E-state index contributed by atoms with van der Waals surface area (Å²) in [4.78, 5) is 7.23. The number of likely N-dealkylation sites (tertiary alicyclic amines) is 1. The smallest absolute Gasteiger partial charge is 0.193 e. The van der Waals surface area contributed by atoms with Crippen LogP contribution in [0.2, 0.25) is 0 Å². The summed E-state index contributed by atoms with van der Waals surface area (Å²) in [7, 11) is 0. The first kappa shape index (κ1) is 20.2. The average molecular weight is 377 g/mol. The molecule has 6 nitrogen and oxygen atoms in total. The summed E-state index contributed by atoms with van der Waals surface area (Å²) in [6.45, 7) is 10.7. The summed E-state index contributed by atoms with van der Waals surface area (Å²) >= 11 is 0. The first-order valence-corrected chi connectivity index (χ1v) is 10.7. The van der Waals surface area contributed by atoms with E-state index in [0.717, 1.165) is 75.4 Å². The van der Waals surface area contributed by atoms with Crippen LogP contribution in [-0.2, 0) is 11.2 Å². The maximum Gasteiger partial charge on any atom is 0.193 e. The molecule has 1 aliphatic carbocycles. The van der Waals surface area contributed by atoms with Crippen molar-refractivity contribution in [2.75, 3.05) is 32.8 Å². The van der Waals surface area contributed by atoms with E-state index in [9.17, 15) is 0 Å². The normalized spacial score (nSPS) is 19.8. The van der Waals surface area contributed by atoms with Gasteiger partial charge in [0.1, 0.15) is 5.76 Å². The van der Waals surface area contributed by atoms with E-state index < -0.39 is 0 Å². The van der Waals surface area contributed by atoms with E-state index in [2.05, 4.69) is 22.3 Å². The Morgan fingerprint density at radius 3 is 2.59 bits per heavy atom. The van der Waals surface area contributed by atoms with Gasteiger partial charge in [-0.3, -0.25) is 4.99 Å². The van der Waals surface area contributed by atoms with Gasteiger partial charge in [0.15, 0.2) is 5.96 Å². The molecule has 2 aliphatic rings. The number of aliphatic imine (C=N–C) groups is 1. The summed E-state index contributed by atoms with van der Waals surface area (Å²) in [5, 5.41) is 7.48. The van der Waals surface area contributed by atoms with E-state index in [1.165, 1.54) is 31.2 Å². The lowest BCUT2D eigenvalue weighted by molar-refractivity contribution is 0.00102. The molecule has 0 radical (unpaired) electrons. The van der Waals surface area contributed by atoms with E-state index >= 15 is 0 Å². The van der Waals surface area contributed by atoms with Gasteiger partial charge in [0.2, 0.25) is 0 Å². The van der Waals surface area contributed by atoms with Crippen molar-refractivity contribution in [2.45, 2.75) is 71.8 Å². The fraction of sp³-hybridized carbons (Fsp3) is 0.810. The fourth-order valence-corrected chi connectivity index (χ4v) is 4.24. The quantitative estimate of drug-likeness (QED) is 0.583. The van der Waals surface area contributed by atoms with E-state index in [4.69, 9.17) is 14.3 Å². The summed E-state index contributed by atoms with van der Waals surface area (Å²) in [6, 6.07) is 0. The maximum absolute atomic E-state index is 6.21. The van der Waals surface area contributed by atoms with Gasteiger partial charge in [0, 0.05) is 38.3 Å². The Bertz CT molecular complexity index is 580.